The van der Waals surface area contributed by atoms with Gasteiger partial charge in [0, 0.05) is 32.6 Å². The Labute approximate surface area is 226 Å². The van der Waals surface area contributed by atoms with Gasteiger partial charge in [0.25, 0.3) is 0 Å². The molecule has 7 rings (SSSR count). The van der Waals surface area contributed by atoms with Gasteiger partial charge in [-0.15, -0.1) is 11.8 Å². The number of aryl methyl sites for hydroxylation is 1. The monoisotopic (exact) mass is 514 g/mol. The summed E-state index contributed by atoms with van der Waals surface area (Å²) in [4.78, 5) is 6.78. The van der Waals surface area contributed by atoms with Crippen LogP contribution in [0.1, 0.15) is 35.7 Å². The Bertz CT molecular complexity index is 1720. The van der Waals surface area contributed by atoms with Crippen LogP contribution in [0.4, 0.5) is 10.1 Å². The van der Waals surface area contributed by atoms with E-state index in [4.69, 9.17) is 0 Å². The van der Waals surface area contributed by atoms with E-state index in [1.807, 2.05) is 60.0 Å². The largest absolute Gasteiger partial charge is 0.354 e. The van der Waals surface area contributed by atoms with Crippen LogP contribution in [0.3, 0.4) is 0 Å². The number of allylic oxidation sites excluding steroid dienone is 7. The molecule has 186 valence electrons. The molecule has 3 atom stereocenters. The lowest BCUT2D eigenvalue weighted by Crippen LogP contribution is -2.48. The first-order valence-electron chi connectivity index (χ1n) is 13.2. The summed E-state index contributed by atoms with van der Waals surface area (Å²) >= 11 is 1.83. The number of halogens is 1. The zero-order valence-electron chi connectivity index (χ0n) is 21.1. The highest BCUT2D eigenvalue weighted by Gasteiger charge is 2.38. The van der Waals surface area contributed by atoms with Crippen molar-refractivity contribution in [3.63, 3.8) is 0 Å². The average Bonchev–Trinajstić information content (AvgIpc) is 3.35. The van der Waals surface area contributed by atoms with E-state index in [0.717, 1.165) is 28.9 Å². The third-order valence-electron chi connectivity index (χ3n) is 7.71. The molecule has 0 saturated heterocycles. The number of anilines is 1. The summed E-state index contributed by atoms with van der Waals surface area (Å²) in [6, 6.07) is 12.4. The van der Waals surface area contributed by atoms with Gasteiger partial charge in [-0.3, -0.25) is 0 Å². The van der Waals surface area contributed by atoms with Gasteiger partial charge in [0.1, 0.15) is 0 Å². The van der Waals surface area contributed by atoms with Crippen LogP contribution in [0, 0.1) is 0 Å². The van der Waals surface area contributed by atoms with E-state index in [9.17, 15) is 0 Å². The third-order valence-corrected chi connectivity index (χ3v) is 9.00. The van der Waals surface area contributed by atoms with Crippen molar-refractivity contribution in [2.24, 2.45) is 0 Å². The molecule has 2 heterocycles. The maximum Gasteiger partial charge on any atom is 0.192 e. The van der Waals surface area contributed by atoms with Crippen LogP contribution >= 0.6 is 11.8 Å². The standard InChI is InChI=1S/C34H27FN2S/c1-2-3-4-16-32(35)37-28-14-7-8-15-30(28)38-31-21-23(18-20-29(31)37)25-12-9-13-26-33-24-11-6-5-10-22(24)17-19-27(33)36-34(25)26/h2-4,7-8,10-12,14-21,29,31-32,36H,9,13H2,1H3/b3-2-,16-4-. The van der Waals surface area contributed by atoms with E-state index in [1.54, 1.807) is 12.2 Å². The number of hydrogen-bond acceptors (Lipinski definition) is 2. The van der Waals surface area contributed by atoms with Gasteiger partial charge in [-0.25, -0.2) is 4.39 Å². The van der Waals surface area contributed by atoms with E-state index in [1.165, 1.54) is 38.9 Å². The molecule has 38 heavy (non-hydrogen) atoms. The van der Waals surface area contributed by atoms with E-state index in [2.05, 4.69) is 65.0 Å². The smallest absolute Gasteiger partial charge is 0.192 e. The molecule has 1 aromatic heterocycles. The van der Waals surface area contributed by atoms with Crippen molar-refractivity contribution in [3.05, 3.63) is 124 Å². The Hall–Kier alpha value is -3.94. The molecule has 4 aliphatic rings. The minimum absolute atomic E-state index is 0.0639. The van der Waals surface area contributed by atoms with Crippen molar-refractivity contribution in [1.29, 1.82) is 0 Å². The van der Waals surface area contributed by atoms with Gasteiger partial charge in [0.2, 0.25) is 0 Å². The number of thioether (sulfide) groups is 1. The molecule has 3 aromatic rings. The second-order valence-electron chi connectivity index (χ2n) is 9.92. The van der Waals surface area contributed by atoms with Crippen molar-refractivity contribution in [2.45, 2.75) is 42.2 Å². The molecule has 4 heteroatoms. The van der Waals surface area contributed by atoms with E-state index in [-0.39, 0.29) is 11.3 Å². The van der Waals surface area contributed by atoms with E-state index < -0.39 is 6.30 Å². The molecule has 3 unspecified atom stereocenters. The Kier molecular flexibility index (Phi) is 5.75. The first kappa shape index (κ1) is 23.2. The Morgan fingerprint density at radius 2 is 2.03 bits per heavy atom. The summed E-state index contributed by atoms with van der Waals surface area (Å²) in [6.45, 7) is 1.94. The second-order valence-corrected chi connectivity index (χ2v) is 11.1. The number of aromatic nitrogens is 1. The second kappa shape index (κ2) is 9.42. The van der Waals surface area contributed by atoms with Gasteiger partial charge in [-0.05, 0) is 72.9 Å². The zero-order chi connectivity index (χ0) is 25.6. The molecule has 2 aromatic carbocycles. The van der Waals surface area contributed by atoms with Crippen molar-refractivity contribution in [3.8, 4) is 0 Å². The maximum atomic E-state index is 15.7. The van der Waals surface area contributed by atoms with E-state index in [0.29, 0.717) is 0 Å². The number of nitrogens with zero attached hydrogens (tertiary/aromatic N) is 1. The quantitative estimate of drug-likeness (QED) is 0.167. The molecule has 3 aliphatic carbocycles. The molecule has 0 amide bonds. The van der Waals surface area contributed by atoms with Crippen LogP contribution in [0.25, 0.3) is 28.6 Å². The highest BCUT2D eigenvalue weighted by molar-refractivity contribution is 8.00. The van der Waals surface area contributed by atoms with Crippen LogP contribution in [-0.4, -0.2) is 22.6 Å². The predicted molar refractivity (Wildman–Crippen MR) is 159 cm³/mol. The first-order valence-corrected chi connectivity index (χ1v) is 14.0. The topological polar surface area (TPSA) is 19.0 Å². The first-order chi connectivity index (χ1) is 18.7. The Morgan fingerprint density at radius 1 is 1.13 bits per heavy atom. The molecule has 0 radical (unpaired) electrons. The van der Waals surface area contributed by atoms with Gasteiger partial charge >= 0.3 is 0 Å². The highest BCUT2D eigenvalue weighted by Crippen LogP contribution is 2.47. The van der Waals surface area contributed by atoms with Crippen LogP contribution in [0.2, 0.25) is 0 Å². The van der Waals surface area contributed by atoms with Crippen LogP contribution < -0.4 is 4.90 Å². The van der Waals surface area contributed by atoms with Crippen molar-refractivity contribution < 1.29 is 4.39 Å². The van der Waals surface area contributed by atoms with Crippen LogP contribution in [-0.2, 0) is 6.42 Å². The molecular formula is C34H27FN2S. The number of H-pyrrole nitrogens is 1. The SMILES string of the molecule is C/C=C\C=C/C(F)N1c2ccccc2SC2C=C(C3=CCCc4c3[nH]c3ccc5c(c43)C=C=C=C5)C=CC21. The molecule has 2 nitrogen and oxygen atoms in total. The van der Waals surface area contributed by atoms with E-state index >= 15 is 4.39 Å². The molecule has 0 spiro atoms. The third kappa shape index (κ3) is 3.73. The number of nitrogens with one attached hydrogen (secondary N) is 1. The molecular weight excluding hydrogens is 487 g/mol. The van der Waals surface area contributed by atoms with Gasteiger partial charge in [0.15, 0.2) is 6.30 Å². The molecule has 1 aliphatic heterocycles. The maximum absolute atomic E-state index is 15.7. The molecule has 0 bridgehead atoms. The van der Waals surface area contributed by atoms with Gasteiger partial charge in [0.05, 0.1) is 17.0 Å². The number of hydrogen-bond donors (Lipinski definition) is 1. The van der Waals surface area contributed by atoms with Crippen molar-refractivity contribution in [2.75, 3.05) is 4.90 Å². The van der Waals surface area contributed by atoms with Gasteiger partial charge < -0.3 is 9.88 Å². The lowest BCUT2D eigenvalue weighted by Gasteiger charge is -2.43. The Balaban J connectivity index is 1.28. The number of benzene rings is 2. The summed E-state index contributed by atoms with van der Waals surface area (Å²) < 4.78 is 15.7. The minimum Gasteiger partial charge on any atom is -0.354 e. The van der Waals surface area contributed by atoms with Gasteiger partial charge in [-0.1, -0.05) is 72.2 Å². The number of alkyl halides is 1. The fraction of sp³-hybridized carbons (Fsp3) is 0.176. The summed E-state index contributed by atoms with van der Waals surface area (Å²) in [5, 5.41) is 1.41. The van der Waals surface area contributed by atoms with Crippen LogP contribution in [0.5, 0.6) is 0 Å². The fourth-order valence-electron chi connectivity index (χ4n) is 6.03. The van der Waals surface area contributed by atoms with Crippen molar-refractivity contribution >= 4 is 46.1 Å². The number of fused-ring (bicyclic) bond motifs is 7. The Morgan fingerprint density at radius 3 is 2.95 bits per heavy atom. The molecule has 0 fully saturated rings. The summed E-state index contributed by atoms with van der Waals surface area (Å²) in [7, 11) is 0. The fourth-order valence-corrected chi connectivity index (χ4v) is 7.35. The lowest BCUT2D eigenvalue weighted by molar-refractivity contribution is 0.364. The van der Waals surface area contributed by atoms with Gasteiger partial charge in [-0.2, -0.15) is 0 Å². The predicted octanol–water partition coefficient (Wildman–Crippen LogP) is 8.57. The number of para-hydroxylation sites is 1. The molecule has 1 N–H and O–H groups in total. The number of rotatable bonds is 4. The van der Waals surface area contributed by atoms with Crippen LogP contribution in [0.15, 0.2) is 107 Å². The zero-order valence-corrected chi connectivity index (χ0v) is 21.9. The summed E-state index contributed by atoms with van der Waals surface area (Å²) in [6.07, 6.45) is 21.2. The number of aromatic amines is 1. The average molecular weight is 515 g/mol. The van der Waals surface area contributed by atoms with Crippen molar-refractivity contribution in [1.82, 2.24) is 4.98 Å². The lowest BCUT2D eigenvalue weighted by atomic mass is 9.86. The minimum atomic E-state index is -1.21. The highest BCUT2D eigenvalue weighted by atomic mass is 32.2. The summed E-state index contributed by atoms with van der Waals surface area (Å²) in [5.74, 6) is 0. The molecule has 0 saturated carbocycles. The summed E-state index contributed by atoms with van der Waals surface area (Å²) in [5.41, 5.74) is 15.8. The normalized spacial score (nSPS) is 21.9.